The predicted molar refractivity (Wildman–Crippen MR) is 114 cm³/mol. The predicted octanol–water partition coefficient (Wildman–Crippen LogP) is 3.16. The molecule has 2 heterocycles. The van der Waals surface area contributed by atoms with E-state index in [9.17, 15) is 9.59 Å². The van der Waals surface area contributed by atoms with Gasteiger partial charge in [0, 0.05) is 37.7 Å². The van der Waals surface area contributed by atoms with Crippen molar-refractivity contribution in [2.45, 2.75) is 6.42 Å². The number of rotatable bonds is 6. The molecule has 0 saturated heterocycles. The fraction of sp³-hybridized carbons (Fsp3) is 0.263. The number of nitrogens with zero attached hydrogens (tertiary/aromatic N) is 2. The third-order valence-electron chi connectivity index (χ3n) is 4.27. The molecule has 0 aliphatic carbocycles. The molecule has 2 aromatic heterocycles. The van der Waals surface area contributed by atoms with Gasteiger partial charge in [-0.3, -0.25) is 14.2 Å². The van der Waals surface area contributed by atoms with E-state index < -0.39 is 0 Å². The number of anilines is 2. The Balaban J connectivity index is 2.22. The Hall–Kier alpha value is -2.29. The second kappa shape index (κ2) is 8.38. The molecule has 0 radical (unpaired) electrons. The normalized spacial score (nSPS) is 11.0. The van der Waals surface area contributed by atoms with Crippen molar-refractivity contribution in [3.63, 3.8) is 0 Å². The molecule has 28 heavy (non-hydrogen) atoms. The lowest BCUT2D eigenvalue weighted by molar-refractivity contribution is 0.232. The number of aryl methyl sites for hydroxylation is 2. The first kappa shape index (κ1) is 20.4. The Morgan fingerprint density at radius 3 is 2.64 bits per heavy atom. The van der Waals surface area contributed by atoms with Gasteiger partial charge < -0.3 is 19.7 Å². The minimum Gasteiger partial charge on any atom is -0.488 e. The van der Waals surface area contributed by atoms with E-state index in [1.54, 1.807) is 36.9 Å². The minimum atomic E-state index is -0.350. The Morgan fingerprint density at radius 2 is 1.96 bits per heavy atom. The summed E-state index contributed by atoms with van der Waals surface area (Å²) in [6.07, 6.45) is 1.95. The summed E-state index contributed by atoms with van der Waals surface area (Å²) >= 11 is 9.63. The number of aliphatic hydroxyl groups excluding tert-OH is 1. The molecule has 0 aliphatic rings. The zero-order valence-electron chi connectivity index (χ0n) is 15.3. The summed E-state index contributed by atoms with van der Waals surface area (Å²) in [5.74, 6) is 0.145. The number of hydrogen-bond acceptors (Lipinski definition) is 5. The Bertz CT molecular complexity index is 1160. The summed E-state index contributed by atoms with van der Waals surface area (Å²) < 4.78 is 9.43. The van der Waals surface area contributed by atoms with E-state index in [2.05, 4.69) is 21.2 Å². The van der Waals surface area contributed by atoms with Crippen molar-refractivity contribution in [1.29, 1.82) is 0 Å². The third-order valence-corrected chi connectivity index (χ3v) is 5.07. The van der Waals surface area contributed by atoms with Crippen LogP contribution in [-0.2, 0) is 14.1 Å². The van der Waals surface area contributed by atoms with Gasteiger partial charge in [0.2, 0.25) is 5.43 Å². The van der Waals surface area contributed by atoms with Crippen LogP contribution in [0, 0.1) is 0 Å². The Morgan fingerprint density at radius 1 is 1.21 bits per heavy atom. The molecule has 1 aromatic carbocycles. The van der Waals surface area contributed by atoms with Gasteiger partial charge in [0.1, 0.15) is 5.65 Å². The number of aromatic nitrogens is 2. The summed E-state index contributed by atoms with van der Waals surface area (Å²) in [6.45, 7) is 0.182. The molecule has 0 aliphatic heterocycles. The van der Waals surface area contributed by atoms with Gasteiger partial charge in [0.25, 0.3) is 5.56 Å². The van der Waals surface area contributed by atoms with Crippen LogP contribution in [0.15, 0.2) is 44.5 Å². The van der Waals surface area contributed by atoms with Crippen LogP contribution in [0.1, 0.15) is 6.42 Å². The van der Waals surface area contributed by atoms with Crippen LogP contribution in [0.3, 0.4) is 0 Å². The van der Waals surface area contributed by atoms with Crippen molar-refractivity contribution >= 4 is 49.9 Å². The molecular formula is C19H19BrClN3O4. The molecule has 2 N–H and O–H groups in total. The van der Waals surface area contributed by atoms with Crippen LogP contribution < -0.4 is 21.0 Å². The second-order valence-corrected chi connectivity index (χ2v) is 7.58. The maximum absolute atomic E-state index is 13.1. The van der Waals surface area contributed by atoms with Gasteiger partial charge in [-0.25, -0.2) is 0 Å². The van der Waals surface area contributed by atoms with E-state index in [0.717, 1.165) is 4.47 Å². The van der Waals surface area contributed by atoms with Crippen LogP contribution in [0.2, 0.25) is 5.02 Å². The van der Waals surface area contributed by atoms with E-state index in [1.165, 1.54) is 16.8 Å². The molecule has 3 rings (SSSR count). The topological polar surface area (TPSA) is 85.5 Å². The van der Waals surface area contributed by atoms with Gasteiger partial charge >= 0.3 is 0 Å². The highest BCUT2D eigenvalue weighted by Crippen LogP contribution is 2.30. The molecular weight excluding hydrogens is 450 g/mol. The molecule has 0 bridgehead atoms. The number of hydrogen-bond donors (Lipinski definition) is 2. The summed E-state index contributed by atoms with van der Waals surface area (Å²) in [5.41, 5.74) is 0.732. The van der Waals surface area contributed by atoms with Gasteiger partial charge in [-0.05, 0) is 18.2 Å². The van der Waals surface area contributed by atoms with Crippen LogP contribution in [0.5, 0.6) is 5.75 Å². The number of nitrogens with one attached hydrogen (secondary N) is 1. The molecule has 0 atom stereocenters. The summed E-state index contributed by atoms with van der Waals surface area (Å²) in [5, 5.41) is 12.8. The summed E-state index contributed by atoms with van der Waals surface area (Å²) in [7, 11) is 3.34. The zero-order valence-corrected chi connectivity index (χ0v) is 17.7. The van der Waals surface area contributed by atoms with Crippen LogP contribution in [-0.4, -0.2) is 27.5 Å². The molecule has 0 fully saturated rings. The van der Waals surface area contributed by atoms with Gasteiger partial charge in [-0.2, -0.15) is 0 Å². The lowest BCUT2D eigenvalue weighted by Gasteiger charge is -2.17. The molecule has 0 amide bonds. The quantitative estimate of drug-likeness (QED) is 0.543. The molecule has 3 aromatic rings. The fourth-order valence-corrected chi connectivity index (χ4v) is 3.65. The van der Waals surface area contributed by atoms with Crippen molar-refractivity contribution in [3.8, 4) is 5.75 Å². The first-order valence-electron chi connectivity index (χ1n) is 8.52. The monoisotopic (exact) mass is 467 g/mol. The van der Waals surface area contributed by atoms with E-state index in [-0.39, 0.29) is 30.0 Å². The van der Waals surface area contributed by atoms with Crippen molar-refractivity contribution in [2.24, 2.45) is 14.1 Å². The highest BCUT2D eigenvalue weighted by Gasteiger charge is 2.17. The first-order chi connectivity index (χ1) is 13.3. The Kier molecular flexibility index (Phi) is 6.12. The van der Waals surface area contributed by atoms with Gasteiger partial charge in [0.05, 0.1) is 34.6 Å². The standard InChI is InChI=1S/C19H19BrClN3O4/c1-23-10-15(28-7-3-6-25)18(27)17-14(9-16(26)24(2)19(17)23)22-13-5-4-11(20)8-12(13)21/h4-5,8-10,22,25H,3,6-7H2,1-2H3. The fourth-order valence-electron chi connectivity index (χ4n) is 2.92. The van der Waals surface area contributed by atoms with Crippen molar-refractivity contribution in [2.75, 3.05) is 18.5 Å². The van der Waals surface area contributed by atoms with Gasteiger partial charge in [-0.1, -0.05) is 27.5 Å². The lowest BCUT2D eigenvalue weighted by Crippen LogP contribution is -2.24. The zero-order chi connectivity index (χ0) is 20.4. The van der Waals surface area contributed by atoms with Crippen molar-refractivity contribution in [1.82, 2.24) is 9.13 Å². The van der Waals surface area contributed by atoms with Crippen LogP contribution in [0.4, 0.5) is 11.4 Å². The van der Waals surface area contributed by atoms with Crippen molar-refractivity contribution in [3.05, 3.63) is 60.5 Å². The number of aliphatic hydroxyl groups is 1. The average molecular weight is 469 g/mol. The second-order valence-electron chi connectivity index (χ2n) is 6.26. The SMILES string of the molecule is Cn1cc(OCCCO)c(=O)c2c(Nc3ccc(Br)cc3Cl)cc(=O)n(C)c21. The number of pyridine rings is 2. The smallest absolute Gasteiger partial charge is 0.253 e. The number of benzene rings is 1. The molecule has 7 nitrogen and oxygen atoms in total. The number of halogens is 2. The molecule has 9 heteroatoms. The van der Waals surface area contributed by atoms with E-state index in [4.69, 9.17) is 21.4 Å². The molecule has 148 valence electrons. The number of ether oxygens (including phenoxy) is 1. The molecule has 0 saturated carbocycles. The number of fused-ring (bicyclic) bond motifs is 1. The van der Waals surface area contributed by atoms with Gasteiger partial charge in [-0.15, -0.1) is 0 Å². The lowest BCUT2D eigenvalue weighted by atomic mass is 10.2. The van der Waals surface area contributed by atoms with E-state index in [0.29, 0.717) is 33.9 Å². The van der Waals surface area contributed by atoms with E-state index in [1.807, 2.05) is 0 Å². The summed E-state index contributed by atoms with van der Waals surface area (Å²) in [6, 6.07) is 6.63. The maximum atomic E-state index is 13.1. The van der Waals surface area contributed by atoms with Crippen LogP contribution >= 0.6 is 27.5 Å². The van der Waals surface area contributed by atoms with E-state index >= 15 is 0 Å². The summed E-state index contributed by atoms with van der Waals surface area (Å²) in [4.78, 5) is 25.5. The third kappa shape index (κ3) is 3.94. The van der Waals surface area contributed by atoms with Crippen molar-refractivity contribution < 1.29 is 9.84 Å². The van der Waals surface area contributed by atoms with Crippen LogP contribution in [0.25, 0.3) is 11.0 Å². The minimum absolute atomic E-state index is 0.0305. The largest absolute Gasteiger partial charge is 0.488 e. The Labute approximate surface area is 174 Å². The van der Waals surface area contributed by atoms with Gasteiger partial charge in [0.15, 0.2) is 5.75 Å². The highest BCUT2D eigenvalue weighted by molar-refractivity contribution is 9.10. The first-order valence-corrected chi connectivity index (χ1v) is 9.69. The average Bonchev–Trinajstić information content (AvgIpc) is 2.64. The molecule has 0 unspecified atom stereocenters. The highest BCUT2D eigenvalue weighted by atomic mass is 79.9. The maximum Gasteiger partial charge on any atom is 0.253 e. The molecule has 0 spiro atoms.